The Morgan fingerprint density at radius 1 is 0.839 bits per heavy atom. The second kappa shape index (κ2) is 7.79. The monoisotopic (exact) mass is 422 g/mol. The van der Waals surface area contributed by atoms with E-state index in [-0.39, 0.29) is 33.0 Å². The third kappa shape index (κ3) is 3.42. The molecule has 3 rings (SSSR count). The molecule has 9 heteroatoms. The highest BCUT2D eigenvalue weighted by molar-refractivity contribution is 6.25. The van der Waals surface area contributed by atoms with Gasteiger partial charge in [0.2, 0.25) is 11.8 Å². The molecule has 0 aliphatic carbocycles. The van der Waals surface area contributed by atoms with E-state index in [1.165, 1.54) is 13.2 Å². The zero-order valence-corrected chi connectivity index (χ0v) is 16.6. The van der Waals surface area contributed by atoms with E-state index >= 15 is 0 Å². The molecule has 0 atom stereocenters. The molecule has 0 saturated heterocycles. The molecule has 0 spiro atoms. The molecule has 0 fully saturated rings. The molecule has 31 heavy (non-hydrogen) atoms. The summed E-state index contributed by atoms with van der Waals surface area (Å²) in [6.45, 7) is 1.72. The van der Waals surface area contributed by atoms with E-state index in [1.807, 2.05) is 0 Å². The van der Waals surface area contributed by atoms with E-state index in [0.29, 0.717) is 16.9 Å². The van der Waals surface area contributed by atoms with Crippen LogP contribution in [0.2, 0.25) is 0 Å². The highest BCUT2D eigenvalue weighted by Crippen LogP contribution is 2.41. The van der Waals surface area contributed by atoms with Gasteiger partial charge in [-0.1, -0.05) is 12.1 Å². The molecule has 0 aliphatic heterocycles. The molecule has 0 aromatic heterocycles. The Morgan fingerprint density at radius 2 is 1.42 bits per heavy atom. The van der Waals surface area contributed by atoms with Crippen LogP contribution in [0.4, 0.5) is 0 Å². The molecule has 0 heterocycles. The van der Waals surface area contributed by atoms with Gasteiger partial charge < -0.3 is 26.4 Å². The zero-order chi connectivity index (χ0) is 23.0. The molecule has 0 aliphatic rings. The Balaban J connectivity index is 2.74. The third-order valence-corrected chi connectivity index (χ3v) is 4.98. The second-order valence-electron chi connectivity index (χ2n) is 6.75. The largest absolute Gasteiger partial charge is 0.496 e. The van der Waals surface area contributed by atoms with Gasteiger partial charge in [0.25, 0.3) is 0 Å². The van der Waals surface area contributed by atoms with Gasteiger partial charge in [0.05, 0.1) is 23.8 Å². The molecule has 0 unspecified atom stereocenters. The van der Waals surface area contributed by atoms with Gasteiger partial charge >= 0.3 is 11.9 Å². The third-order valence-electron chi connectivity index (χ3n) is 4.98. The number of amides is 2. The first-order chi connectivity index (χ1) is 14.6. The fraction of sp³-hybridized carbons (Fsp3) is 0.0909. The Hall–Kier alpha value is -4.40. The van der Waals surface area contributed by atoms with E-state index in [9.17, 15) is 29.4 Å². The number of nitrogens with two attached hydrogens (primary N) is 2. The van der Waals surface area contributed by atoms with Crippen molar-refractivity contribution in [3.05, 3.63) is 64.2 Å². The lowest BCUT2D eigenvalue weighted by atomic mass is 9.84. The first kappa shape index (κ1) is 21.3. The Bertz CT molecular complexity index is 1290. The number of fused-ring (bicyclic) bond motifs is 1. The molecular formula is C22H18N2O7. The van der Waals surface area contributed by atoms with Gasteiger partial charge in [-0.05, 0) is 42.3 Å². The van der Waals surface area contributed by atoms with Crippen LogP contribution in [-0.2, 0) is 0 Å². The number of carboxylic acids is 2. The molecule has 158 valence electrons. The normalized spacial score (nSPS) is 10.6. The number of aryl methyl sites for hydroxylation is 1. The van der Waals surface area contributed by atoms with Crippen LogP contribution in [0, 0.1) is 6.92 Å². The summed E-state index contributed by atoms with van der Waals surface area (Å²) in [7, 11) is 1.41. The number of carbonyl (C=O) groups is 4. The number of methoxy groups -OCH3 is 1. The minimum atomic E-state index is -1.44. The van der Waals surface area contributed by atoms with Crippen LogP contribution in [0.3, 0.4) is 0 Å². The Kier molecular flexibility index (Phi) is 5.35. The van der Waals surface area contributed by atoms with Gasteiger partial charge in [-0.3, -0.25) is 9.59 Å². The number of hydrogen-bond acceptors (Lipinski definition) is 5. The number of benzene rings is 3. The van der Waals surface area contributed by atoms with Crippen molar-refractivity contribution in [3.63, 3.8) is 0 Å². The summed E-state index contributed by atoms with van der Waals surface area (Å²) in [6, 6.07) is 8.38. The van der Waals surface area contributed by atoms with Crippen molar-refractivity contribution in [3.8, 4) is 16.9 Å². The van der Waals surface area contributed by atoms with Crippen LogP contribution in [0.15, 0.2) is 36.4 Å². The molecule has 0 radical (unpaired) electrons. The molecule has 3 aromatic rings. The average Bonchev–Trinajstić information content (AvgIpc) is 2.70. The molecule has 2 amide bonds. The predicted octanol–water partition coefficient (Wildman–Crippen LogP) is 2.42. The molecule has 6 N–H and O–H groups in total. The van der Waals surface area contributed by atoms with E-state index in [2.05, 4.69) is 0 Å². The summed E-state index contributed by atoms with van der Waals surface area (Å²) in [5.41, 5.74) is 11.0. The summed E-state index contributed by atoms with van der Waals surface area (Å²) in [5, 5.41) is 18.8. The standard InChI is InChI=1S/C22H18N2O7/c1-9-4-3-5-14(31-2)15(9)12-8-13(19(23)25)16-10(21(27)28)6-7-11(22(29)30)17(16)18(12)20(24)26/h3-8H,1-2H3,(H2,23,25)(H2,24,26)(H,27,28)(H,29,30). The summed E-state index contributed by atoms with van der Waals surface area (Å²) >= 11 is 0. The van der Waals surface area contributed by atoms with Gasteiger partial charge in [0.15, 0.2) is 0 Å². The van der Waals surface area contributed by atoms with Crippen LogP contribution in [0.25, 0.3) is 21.9 Å². The maximum Gasteiger partial charge on any atom is 0.336 e. The first-order valence-corrected chi connectivity index (χ1v) is 8.94. The van der Waals surface area contributed by atoms with Crippen LogP contribution >= 0.6 is 0 Å². The van der Waals surface area contributed by atoms with E-state index < -0.39 is 29.3 Å². The van der Waals surface area contributed by atoms with Gasteiger partial charge in [-0.15, -0.1) is 0 Å². The van der Waals surface area contributed by atoms with Gasteiger partial charge in [-0.2, -0.15) is 0 Å². The maximum atomic E-state index is 12.6. The van der Waals surface area contributed by atoms with Crippen molar-refractivity contribution in [2.24, 2.45) is 11.5 Å². The number of ether oxygens (including phenoxy) is 1. The quantitative estimate of drug-likeness (QED) is 0.472. The SMILES string of the molecule is COc1cccc(C)c1-c1cc(C(N)=O)c2c(C(=O)O)ccc(C(=O)O)c2c1C(N)=O. The first-order valence-electron chi connectivity index (χ1n) is 8.94. The Morgan fingerprint density at radius 3 is 1.90 bits per heavy atom. The fourth-order valence-corrected chi connectivity index (χ4v) is 3.73. The van der Waals surface area contributed by atoms with Crippen molar-refractivity contribution in [1.82, 2.24) is 0 Å². The molecule has 9 nitrogen and oxygen atoms in total. The minimum Gasteiger partial charge on any atom is -0.496 e. The number of primary amides is 2. The highest BCUT2D eigenvalue weighted by atomic mass is 16.5. The minimum absolute atomic E-state index is 0.105. The smallest absolute Gasteiger partial charge is 0.336 e. The lowest BCUT2D eigenvalue weighted by Crippen LogP contribution is -2.20. The molecular weight excluding hydrogens is 404 g/mol. The zero-order valence-electron chi connectivity index (χ0n) is 16.6. The lowest BCUT2D eigenvalue weighted by Gasteiger charge is -2.19. The van der Waals surface area contributed by atoms with E-state index in [1.54, 1.807) is 25.1 Å². The van der Waals surface area contributed by atoms with Crippen molar-refractivity contribution in [1.29, 1.82) is 0 Å². The van der Waals surface area contributed by atoms with Crippen LogP contribution in [-0.4, -0.2) is 41.1 Å². The highest BCUT2D eigenvalue weighted by Gasteiger charge is 2.28. The summed E-state index contributed by atoms with van der Waals surface area (Å²) in [4.78, 5) is 48.7. The van der Waals surface area contributed by atoms with Gasteiger partial charge in [0, 0.05) is 21.9 Å². The number of aromatic carboxylic acids is 2. The number of hydrogen-bond donors (Lipinski definition) is 4. The van der Waals surface area contributed by atoms with Crippen LogP contribution in [0.5, 0.6) is 5.75 Å². The number of rotatable bonds is 6. The average molecular weight is 422 g/mol. The van der Waals surface area contributed by atoms with Crippen molar-refractivity contribution < 1.29 is 34.1 Å². The molecule has 0 bridgehead atoms. The summed E-state index contributed by atoms with van der Waals surface area (Å²) < 4.78 is 5.39. The topological polar surface area (TPSA) is 170 Å². The lowest BCUT2D eigenvalue weighted by molar-refractivity contribution is 0.0684. The fourth-order valence-electron chi connectivity index (χ4n) is 3.73. The van der Waals surface area contributed by atoms with Gasteiger partial charge in [0.1, 0.15) is 5.75 Å². The van der Waals surface area contributed by atoms with Crippen LogP contribution in [0.1, 0.15) is 47.0 Å². The van der Waals surface area contributed by atoms with E-state index in [0.717, 1.165) is 12.1 Å². The van der Waals surface area contributed by atoms with Gasteiger partial charge in [-0.25, -0.2) is 9.59 Å². The number of carboxylic acid groups (broad SMARTS) is 2. The van der Waals surface area contributed by atoms with Crippen molar-refractivity contribution >= 4 is 34.5 Å². The van der Waals surface area contributed by atoms with Crippen molar-refractivity contribution in [2.45, 2.75) is 6.92 Å². The van der Waals surface area contributed by atoms with Crippen molar-refractivity contribution in [2.75, 3.05) is 7.11 Å². The van der Waals surface area contributed by atoms with Crippen LogP contribution < -0.4 is 16.2 Å². The number of carbonyl (C=O) groups excluding carboxylic acids is 2. The molecule has 3 aromatic carbocycles. The molecule has 0 saturated carbocycles. The summed E-state index contributed by atoms with van der Waals surface area (Å²) in [5.74, 6) is -4.54. The Labute approximate surface area is 175 Å². The van der Waals surface area contributed by atoms with E-state index in [4.69, 9.17) is 16.2 Å². The summed E-state index contributed by atoms with van der Waals surface area (Å²) in [6.07, 6.45) is 0. The predicted molar refractivity (Wildman–Crippen MR) is 112 cm³/mol. The second-order valence-corrected chi connectivity index (χ2v) is 6.75. The maximum absolute atomic E-state index is 12.6.